The topological polar surface area (TPSA) is 88.5 Å². The number of rotatable bonds is 11. The van der Waals surface area contributed by atoms with Crippen molar-refractivity contribution in [3.63, 3.8) is 0 Å². The third-order valence-corrected chi connectivity index (χ3v) is 8.36. The first kappa shape index (κ1) is 28.2. The van der Waals surface area contributed by atoms with Crippen molar-refractivity contribution >= 4 is 27.6 Å². The summed E-state index contributed by atoms with van der Waals surface area (Å²) in [6.07, 6.45) is 6.06. The van der Waals surface area contributed by atoms with E-state index in [1.54, 1.807) is 6.20 Å². The summed E-state index contributed by atoms with van der Waals surface area (Å²) < 4.78 is 2.21. The largest absolute Gasteiger partial charge is 0.361 e. The Hall–Kier alpha value is -5.56. The van der Waals surface area contributed by atoms with E-state index in [9.17, 15) is 4.79 Å². The highest BCUT2D eigenvalue weighted by Gasteiger charge is 2.25. The highest BCUT2D eigenvalue weighted by Crippen LogP contribution is 2.27. The molecule has 7 aromatic rings. The summed E-state index contributed by atoms with van der Waals surface area (Å²) in [5.41, 5.74) is 5.33. The van der Waals surface area contributed by atoms with Gasteiger partial charge in [0.15, 0.2) is 5.82 Å². The number of nitrogens with one attached hydrogen (secondary N) is 2. The molecule has 0 saturated heterocycles. The van der Waals surface area contributed by atoms with Crippen LogP contribution in [0.1, 0.15) is 40.1 Å². The van der Waals surface area contributed by atoms with Crippen molar-refractivity contribution in [1.82, 2.24) is 30.0 Å². The Morgan fingerprint density at radius 1 is 0.756 bits per heavy atom. The van der Waals surface area contributed by atoms with E-state index in [1.165, 1.54) is 21.9 Å². The van der Waals surface area contributed by atoms with Gasteiger partial charge in [0.05, 0.1) is 19.0 Å². The molecule has 0 radical (unpaired) electrons. The van der Waals surface area contributed by atoms with Crippen LogP contribution in [0.5, 0.6) is 0 Å². The first-order valence-corrected chi connectivity index (χ1v) is 15.4. The number of fused-ring (bicyclic) bond motifs is 2. The molecule has 7 rings (SSSR count). The average Bonchev–Trinajstić information content (AvgIpc) is 3.68. The molecular formula is C38H34N6O. The van der Waals surface area contributed by atoms with Gasteiger partial charge in [0.1, 0.15) is 5.82 Å². The van der Waals surface area contributed by atoms with E-state index in [-0.39, 0.29) is 12.3 Å². The summed E-state index contributed by atoms with van der Waals surface area (Å²) in [6.45, 7) is 0.592. The molecule has 1 amide bonds. The number of para-hydroxylation sites is 1. The van der Waals surface area contributed by atoms with Gasteiger partial charge in [-0.3, -0.25) is 9.78 Å². The van der Waals surface area contributed by atoms with Crippen LogP contribution >= 0.6 is 0 Å². The molecule has 2 N–H and O–H groups in total. The molecule has 0 aliphatic rings. The first-order chi connectivity index (χ1) is 22.2. The summed E-state index contributed by atoms with van der Waals surface area (Å²) in [7, 11) is 0. The van der Waals surface area contributed by atoms with Crippen LogP contribution in [-0.4, -0.2) is 30.6 Å². The van der Waals surface area contributed by atoms with Crippen LogP contribution in [0, 0.1) is 0 Å². The number of aryl methyl sites for hydroxylation is 2. The van der Waals surface area contributed by atoms with Crippen molar-refractivity contribution in [3.8, 4) is 0 Å². The molecule has 0 saturated carbocycles. The van der Waals surface area contributed by atoms with Crippen molar-refractivity contribution in [3.05, 3.63) is 162 Å². The predicted molar refractivity (Wildman–Crippen MR) is 178 cm³/mol. The highest BCUT2D eigenvalue weighted by atomic mass is 16.1. The van der Waals surface area contributed by atoms with Gasteiger partial charge in [-0.1, -0.05) is 97.1 Å². The first-order valence-electron chi connectivity index (χ1n) is 15.4. The number of pyridine rings is 1. The minimum absolute atomic E-state index is 0.107. The van der Waals surface area contributed by atoms with Crippen LogP contribution < -0.4 is 5.32 Å². The number of hydrogen-bond donors (Lipinski definition) is 2. The summed E-state index contributed by atoms with van der Waals surface area (Å²) in [5.74, 6) is 1.53. The molecule has 3 heterocycles. The van der Waals surface area contributed by atoms with Gasteiger partial charge in [0, 0.05) is 41.8 Å². The molecule has 7 nitrogen and oxygen atoms in total. The fraction of sp³-hybridized carbons (Fsp3) is 0.158. The molecule has 0 spiro atoms. The predicted octanol–water partition coefficient (Wildman–Crippen LogP) is 6.78. The molecule has 0 aliphatic heterocycles. The summed E-state index contributed by atoms with van der Waals surface area (Å²) >= 11 is 0. The van der Waals surface area contributed by atoms with Crippen molar-refractivity contribution in [1.29, 1.82) is 0 Å². The maximum Gasteiger partial charge on any atom is 0.226 e. The number of aromatic amines is 1. The molecular weight excluding hydrogens is 556 g/mol. The normalized spacial score (nSPS) is 12.0. The monoisotopic (exact) mass is 590 g/mol. The second-order valence-electron chi connectivity index (χ2n) is 11.4. The lowest BCUT2D eigenvalue weighted by molar-refractivity contribution is -0.121. The second kappa shape index (κ2) is 13.0. The van der Waals surface area contributed by atoms with Crippen molar-refractivity contribution < 1.29 is 4.79 Å². The third kappa shape index (κ3) is 6.38. The van der Waals surface area contributed by atoms with E-state index < -0.39 is 6.04 Å². The van der Waals surface area contributed by atoms with Crippen molar-refractivity contribution in [2.24, 2.45) is 0 Å². The zero-order valence-corrected chi connectivity index (χ0v) is 24.9. The summed E-state index contributed by atoms with van der Waals surface area (Å²) in [4.78, 5) is 21.3. The molecule has 1 atom stereocenters. The minimum Gasteiger partial charge on any atom is -0.361 e. The van der Waals surface area contributed by atoms with Gasteiger partial charge in [-0.25, -0.2) is 0 Å². The Morgan fingerprint density at radius 3 is 2.40 bits per heavy atom. The van der Waals surface area contributed by atoms with E-state index in [0.717, 1.165) is 46.7 Å². The highest BCUT2D eigenvalue weighted by molar-refractivity contribution is 5.86. The number of carbonyl (C=O) groups excluding carboxylic acids is 1. The SMILES string of the molecule is O=C(Cc1ccccn1)NC(Cc1c[nH]c2ccccc12)c1nnc(CCc2ccccc2)n1Cc1cccc2ccccc12. The van der Waals surface area contributed by atoms with Crippen LogP contribution in [0.15, 0.2) is 128 Å². The Balaban J connectivity index is 1.28. The Morgan fingerprint density at radius 2 is 1.53 bits per heavy atom. The van der Waals surface area contributed by atoms with Gasteiger partial charge in [0.25, 0.3) is 0 Å². The van der Waals surface area contributed by atoms with E-state index in [4.69, 9.17) is 10.2 Å². The average molecular weight is 591 g/mol. The van der Waals surface area contributed by atoms with Crippen LogP contribution in [0.2, 0.25) is 0 Å². The number of hydrogen-bond acceptors (Lipinski definition) is 4. The minimum atomic E-state index is -0.409. The quantitative estimate of drug-likeness (QED) is 0.174. The zero-order valence-electron chi connectivity index (χ0n) is 24.9. The number of carbonyl (C=O) groups is 1. The zero-order chi connectivity index (χ0) is 30.4. The molecule has 3 aromatic heterocycles. The number of benzene rings is 4. The molecule has 222 valence electrons. The lowest BCUT2D eigenvalue weighted by atomic mass is 10.0. The van der Waals surface area contributed by atoms with Crippen molar-refractivity contribution in [2.75, 3.05) is 0 Å². The molecule has 0 bridgehead atoms. The van der Waals surface area contributed by atoms with Gasteiger partial charge < -0.3 is 14.9 Å². The van der Waals surface area contributed by atoms with Gasteiger partial charge >= 0.3 is 0 Å². The van der Waals surface area contributed by atoms with E-state index >= 15 is 0 Å². The summed E-state index contributed by atoms with van der Waals surface area (Å²) in [5, 5.41) is 16.4. The maximum absolute atomic E-state index is 13.5. The number of H-pyrrole nitrogens is 1. The Bertz CT molecular complexity index is 2040. The number of amides is 1. The van der Waals surface area contributed by atoms with Gasteiger partial charge in [-0.05, 0) is 52.1 Å². The second-order valence-corrected chi connectivity index (χ2v) is 11.4. The molecule has 7 heteroatoms. The fourth-order valence-corrected chi connectivity index (χ4v) is 6.11. The number of aromatic nitrogens is 5. The lowest BCUT2D eigenvalue weighted by Crippen LogP contribution is -2.33. The van der Waals surface area contributed by atoms with Crippen LogP contribution in [0.25, 0.3) is 21.7 Å². The Kier molecular flexibility index (Phi) is 8.14. The van der Waals surface area contributed by atoms with Crippen molar-refractivity contribution in [2.45, 2.75) is 38.3 Å². The third-order valence-electron chi connectivity index (χ3n) is 8.36. The Labute approximate surface area is 262 Å². The van der Waals surface area contributed by atoms with Gasteiger partial charge in [-0.2, -0.15) is 0 Å². The lowest BCUT2D eigenvalue weighted by Gasteiger charge is -2.21. The van der Waals surface area contributed by atoms with Crippen LogP contribution in [0.4, 0.5) is 0 Å². The van der Waals surface area contributed by atoms with E-state index in [2.05, 4.69) is 98.7 Å². The molecule has 4 aromatic carbocycles. The van der Waals surface area contributed by atoms with Crippen LogP contribution in [0.3, 0.4) is 0 Å². The van der Waals surface area contributed by atoms with Gasteiger partial charge in [0.2, 0.25) is 5.91 Å². The maximum atomic E-state index is 13.5. The van der Waals surface area contributed by atoms with Crippen LogP contribution in [-0.2, 0) is 37.0 Å². The molecule has 45 heavy (non-hydrogen) atoms. The smallest absolute Gasteiger partial charge is 0.226 e. The summed E-state index contributed by atoms with van der Waals surface area (Å²) in [6, 6.07) is 38.8. The fourth-order valence-electron chi connectivity index (χ4n) is 6.11. The number of nitrogens with zero attached hydrogens (tertiary/aromatic N) is 4. The standard InChI is InChI=1S/C38H34N6O/c45-37(24-31-16-8-9-22-39-31)41-35(23-30-25-40-34-19-7-6-18-33(30)34)38-43-42-36(21-20-27-11-2-1-3-12-27)44(38)26-29-15-10-14-28-13-4-5-17-32(28)29/h1-19,22,25,35,40H,20-21,23-24,26H2,(H,41,45). The van der Waals surface area contributed by atoms with E-state index in [1.807, 2.05) is 42.6 Å². The molecule has 1 unspecified atom stereocenters. The molecule has 0 fully saturated rings. The van der Waals surface area contributed by atoms with Gasteiger partial charge in [-0.15, -0.1) is 10.2 Å². The molecule has 0 aliphatic carbocycles. The van der Waals surface area contributed by atoms with E-state index in [0.29, 0.717) is 13.0 Å².